The van der Waals surface area contributed by atoms with Crippen LogP contribution in [0.1, 0.15) is 41.2 Å². The maximum atomic E-state index is 13.8. The van der Waals surface area contributed by atoms with E-state index in [0.717, 1.165) is 12.4 Å². The monoisotopic (exact) mass is 514 g/mol. The molecule has 0 fully saturated rings. The van der Waals surface area contributed by atoms with Gasteiger partial charge in [-0.3, -0.25) is 10.1 Å². The summed E-state index contributed by atoms with van der Waals surface area (Å²) in [6.45, 7) is 1.49. The van der Waals surface area contributed by atoms with E-state index in [1.807, 2.05) is 0 Å². The molecule has 0 radical (unpaired) electrons. The van der Waals surface area contributed by atoms with E-state index in [2.05, 4.69) is 45.9 Å². The fourth-order valence-corrected chi connectivity index (χ4v) is 2.99. The first-order valence-corrected chi connectivity index (χ1v) is 10.4. The van der Waals surface area contributed by atoms with Crippen LogP contribution in [0.25, 0.3) is 11.4 Å². The average Bonchev–Trinajstić information content (AvgIpc) is 3.24. The van der Waals surface area contributed by atoms with Gasteiger partial charge in [-0.05, 0) is 19.1 Å². The summed E-state index contributed by atoms with van der Waals surface area (Å²) < 4.78 is 45.5. The second-order valence-corrected chi connectivity index (χ2v) is 7.34. The van der Waals surface area contributed by atoms with E-state index in [-0.39, 0.29) is 34.2 Å². The Labute approximate surface area is 206 Å². The zero-order chi connectivity index (χ0) is 26.5. The molecule has 0 aliphatic carbocycles. The first-order chi connectivity index (χ1) is 17.7. The van der Waals surface area contributed by atoms with E-state index in [4.69, 9.17) is 4.74 Å². The topological polar surface area (TPSA) is 163 Å². The molecule has 13 nitrogen and oxygen atoms in total. The molecule has 1 atom stereocenters. The zero-order valence-corrected chi connectivity index (χ0v) is 19.1. The van der Waals surface area contributed by atoms with Crippen molar-refractivity contribution in [3.8, 4) is 11.4 Å². The quantitative estimate of drug-likeness (QED) is 0.350. The summed E-state index contributed by atoms with van der Waals surface area (Å²) in [6, 6.07) is 2.96. The summed E-state index contributed by atoms with van der Waals surface area (Å²) in [6.07, 6.45) is 0.990. The van der Waals surface area contributed by atoms with Crippen LogP contribution in [0.4, 0.5) is 29.6 Å². The van der Waals surface area contributed by atoms with Crippen LogP contribution < -0.4 is 10.6 Å². The van der Waals surface area contributed by atoms with Crippen molar-refractivity contribution < 1.29 is 27.5 Å². The molecular formula is C21H17F3N10O3. The molecular weight excluding hydrogens is 497 g/mol. The maximum Gasteiger partial charge on any atom is 0.413 e. The number of aryl methyl sites for hydroxylation is 1. The molecule has 4 heterocycles. The van der Waals surface area contributed by atoms with Crippen molar-refractivity contribution >= 4 is 23.6 Å². The van der Waals surface area contributed by atoms with Crippen LogP contribution in [-0.2, 0) is 11.8 Å². The number of carbonyl (C=O) groups is 2. The average molecular weight is 514 g/mol. The van der Waals surface area contributed by atoms with Gasteiger partial charge in [-0.15, -0.1) is 5.10 Å². The van der Waals surface area contributed by atoms with Crippen molar-refractivity contribution in [2.24, 2.45) is 7.05 Å². The molecule has 4 aromatic heterocycles. The summed E-state index contributed by atoms with van der Waals surface area (Å²) in [5.41, 5.74) is 0.369. The number of hydrogen-bond acceptors (Lipinski definition) is 10. The predicted octanol–water partition coefficient (Wildman–Crippen LogP) is 3.10. The third-order valence-electron chi connectivity index (χ3n) is 4.82. The summed E-state index contributed by atoms with van der Waals surface area (Å²) in [7, 11) is 1.51. The number of carbonyl (C=O) groups excluding carboxylic acids is 2. The van der Waals surface area contributed by atoms with Crippen LogP contribution in [0.2, 0.25) is 0 Å². The van der Waals surface area contributed by atoms with Crippen molar-refractivity contribution in [3.05, 3.63) is 66.0 Å². The molecule has 190 valence electrons. The Morgan fingerprint density at radius 1 is 1.03 bits per heavy atom. The molecule has 2 amide bonds. The Morgan fingerprint density at radius 2 is 1.78 bits per heavy atom. The van der Waals surface area contributed by atoms with Gasteiger partial charge in [0.05, 0.1) is 18.0 Å². The number of halogens is 3. The van der Waals surface area contributed by atoms with Crippen LogP contribution in [0.5, 0.6) is 0 Å². The number of pyridine rings is 1. The summed E-state index contributed by atoms with van der Waals surface area (Å²) >= 11 is 0. The maximum absolute atomic E-state index is 13.8. The lowest BCUT2D eigenvalue weighted by Gasteiger charge is -2.14. The van der Waals surface area contributed by atoms with Crippen LogP contribution >= 0.6 is 0 Å². The molecule has 0 unspecified atom stereocenters. The number of amides is 2. The SMILES string of the molecule is C[C@@H](OC(=O)Nc1c(-c2cnc(NC(=O)c3cnc(C(F)F)nc3)cn2)nnn1C)c1cccnc1F. The Hall–Kier alpha value is -5.02. The van der Waals surface area contributed by atoms with E-state index < -0.39 is 36.3 Å². The lowest BCUT2D eigenvalue weighted by atomic mass is 10.2. The van der Waals surface area contributed by atoms with Gasteiger partial charge in [0.15, 0.2) is 23.2 Å². The van der Waals surface area contributed by atoms with Gasteiger partial charge in [0.1, 0.15) is 11.8 Å². The summed E-state index contributed by atoms with van der Waals surface area (Å²) in [5.74, 6) is -1.99. The number of nitrogens with zero attached hydrogens (tertiary/aromatic N) is 8. The molecule has 16 heteroatoms. The number of hydrogen-bond donors (Lipinski definition) is 2. The van der Waals surface area contributed by atoms with E-state index in [9.17, 15) is 22.8 Å². The van der Waals surface area contributed by atoms with Gasteiger partial charge in [0.25, 0.3) is 12.3 Å². The highest BCUT2D eigenvalue weighted by Gasteiger charge is 2.21. The Kier molecular flexibility index (Phi) is 7.26. The van der Waals surface area contributed by atoms with Crippen LogP contribution in [0.15, 0.2) is 43.1 Å². The second kappa shape index (κ2) is 10.7. The molecule has 4 aromatic rings. The molecule has 0 aliphatic rings. The van der Waals surface area contributed by atoms with Crippen molar-refractivity contribution in [2.45, 2.75) is 19.5 Å². The highest BCUT2D eigenvalue weighted by atomic mass is 19.3. The van der Waals surface area contributed by atoms with Crippen molar-refractivity contribution in [1.29, 1.82) is 0 Å². The number of nitrogens with one attached hydrogen (secondary N) is 2. The highest BCUT2D eigenvalue weighted by molar-refractivity contribution is 6.03. The van der Waals surface area contributed by atoms with Crippen LogP contribution in [-0.4, -0.2) is 51.9 Å². The number of rotatable bonds is 7. The lowest BCUT2D eigenvalue weighted by molar-refractivity contribution is 0.102. The number of alkyl halides is 2. The van der Waals surface area contributed by atoms with Gasteiger partial charge in [-0.25, -0.2) is 43.2 Å². The van der Waals surface area contributed by atoms with Gasteiger partial charge in [0.2, 0.25) is 5.95 Å². The molecule has 0 saturated carbocycles. The predicted molar refractivity (Wildman–Crippen MR) is 120 cm³/mol. The molecule has 0 aromatic carbocycles. The first-order valence-electron chi connectivity index (χ1n) is 10.4. The normalized spacial score (nSPS) is 11.7. The fraction of sp³-hybridized carbons (Fsp3) is 0.190. The third kappa shape index (κ3) is 5.80. The number of anilines is 2. The largest absolute Gasteiger partial charge is 0.441 e. The number of ether oxygens (including phenoxy) is 1. The summed E-state index contributed by atoms with van der Waals surface area (Å²) in [4.78, 5) is 43.3. The Morgan fingerprint density at radius 3 is 2.43 bits per heavy atom. The highest BCUT2D eigenvalue weighted by Crippen LogP contribution is 2.25. The lowest BCUT2D eigenvalue weighted by Crippen LogP contribution is -2.19. The minimum Gasteiger partial charge on any atom is -0.441 e. The molecule has 37 heavy (non-hydrogen) atoms. The minimum atomic E-state index is -2.86. The van der Waals surface area contributed by atoms with Gasteiger partial charge >= 0.3 is 6.09 Å². The molecule has 0 saturated heterocycles. The van der Waals surface area contributed by atoms with Gasteiger partial charge in [-0.1, -0.05) is 5.21 Å². The van der Waals surface area contributed by atoms with Gasteiger partial charge in [0, 0.05) is 31.2 Å². The van der Waals surface area contributed by atoms with Crippen molar-refractivity contribution in [2.75, 3.05) is 10.6 Å². The van der Waals surface area contributed by atoms with Crippen molar-refractivity contribution in [1.82, 2.24) is 39.9 Å². The first kappa shape index (κ1) is 25.1. The minimum absolute atomic E-state index is 0.0387. The fourth-order valence-electron chi connectivity index (χ4n) is 2.99. The Bertz CT molecular complexity index is 1410. The van der Waals surface area contributed by atoms with Crippen LogP contribution in [0.3, 0.4) is 0 Å². The standard InChI is InChI=1S/C21H17F3N10O3/c1-10(12-4-3-5-25-17(12)24)37-21(36)31-19-15(32-33-34(19)2)13-8-27-14(9-26-13)30-20(35)11-6-28-18(16(22)23)29-7-11/h3-10,16H,1-2H3,(H,31,36)(H,27,30,35)/t10-/m1/s1. The number of aromatic nitrogens is 8. The van der Waals surface area contributed by atoms with E-state index in [1.165, 1.54) is 49.4 Å². The van der Waals surface area contributed by atoms with Gasteiger partial charge < -0.3 is 10.1 Å². The van der Waals surface area contributed by atoms with E-state index in [0.29, 0.717) is 0 Å². The summed E-state index contributed by atoms with van der Waals surface area (Å²) in [5, 5.41) is 12.7. The molecule has 0 aliphatic heterocycles. The second-order valence-electron chi connectivity index (χ2n) is 7.34. The Balaban J connectivity index is 1.43. The van der Waals surface area contributed by atoms with Gasteiger partial charge in [-0.2, -0.15) is 4.39 Å². The third-order valence-corrected chi connectivity index (χ3v) is 4.82. The molecule has 4 rings (SSSR count). The smallest absolute Gasteiger partial charge is 0.413 e. The van der Waals surface area contributed by atoms with E-state index in [1.54, 1.807) is 0 Å². The van der Waals surface area contributed by atoms with Crippen molar-refractivity contribution in [3.63, 3.8) is 0 Å². The van der Waals surface area contributed by atoms with Crippen LogP contribution in [0, 0.1) is 5.95 Å². The zero-order valence-electron chi connectivity index (χ0n) is 19.1. The molecule has 2 N–H and O–H groups in total. The molecule has 0 bridgehead atoms. The molecule has 0 spiro atoms. The van der Waals surface area contributed by atoms with E-state index >= 15 is 0 Å².